The number of nitrogens with zero attached hydrogens (tertiary/aromatic N) is 1. The van der Waals surface area contributed by atoms with Crippen LogP contribution in [0.4, 0.5) is 13.2 Å². The summed E-state index contributed by atoms with van der Waals surface area (Å²) in [4.78, 5) is 1.98. The van der Waals surface area contributed by atoms with Gasteiger partial charge in [-0.15, -0.1) is 0 Å². The molecule has 2 nitrogen and oxygen atoms in total. The molecule has 0 N–H and O–H groups in total. The summed E-state index contributed by atoms with van der Waals surface area (Å²) in [6, 6.07) is 13.4. The summed E-state index contributed by atoms with van der Waals surface area (Å²) in [7, 11) is 0. The van der Waals surface area contributed by atoms with Crippen LogP contribution in [0.25, 0.3) is 0 Å². The fourth-order valence-electron chi connectivity index (χ4n) is 2.69. The highest BCUT2D eigenvalue weighted by Gasteiger charge is 2.33. The third-order valence-electron chi connectivity index (χ3n) is 3.75. The second-order valence-electron chi connectivity index (χ2n) is 5.32. The first kappa shape index (κ1) is 14.9. The van der Waals surface area contributed by atoms with E-state index in [-0.39, 0.29) is 6.54 Å². The molecule has 116 valence electrons. The molecule has 0 saturated heterocycles. The number of rotatable bonds is 2. The molecule has 5 heteroatoms. The van der Waals surface area contributed by atoms with Gasteiger partial charge in [0.15, 0.2) is 0 Å². The molecule has 3 rings (SSSR count). The monoisotopic (exact) mass is 307 g/mol. The summed E-state index contributed by atoms with van der Waals surface area (Å²) in [6.07, 6.45) is -4.32. The van der Waals surface area contributed by atoms with Crippen LogP contribution in [-0.2, 0) is 19.3 Å². The Kier molecular flexibility index (Phi) is 4.07. The number of hydrogen-bond acceptors (Lipinski definition) is 2. The molecule has 2 aromatic carbocycles. The molecule has 1 aliphatic heterocycles. The number of benzene rings is 2. The highest BCUT2D eigenvalue weighted by atomic mass is 19.4. The third-order valence-corrected chi connectivity index (χ3v) is 3.75. The van der Waals surface area contributed by atoms with Crippen molar-refractivity contribution >= 4 is 0 Å². The zero-order valence-electron chi connectivity index (χ0n) is 11.9. The minimum atomic E-state index is -4.32. The van der Waals surface area contributed by atoms with E-state index in [1.54, 1.807) is 12.1 Å². The van der Waals surface area contributed by atoms with Crippen molar-refractivity contribution in [3.8, 4) is 5.75 Å². The predicted molar refractivity (Wildman–Crippen MR) is 77.5 cm³/mol. The van der Waals surface area contributed by atoms with E-state index in [1.165, 1.54) is 6.07 Å². The smallest absolute Gasteiger partial charge is 0.416 e. The average Bonchev–Trinajstić information content (AvgIpc) is 2.68. The molecule has 0 bridgehead atoms. The molecule has 0 amide bonds. The zero-order valence-corrected chi connectivity index (χ0v) is 11.9. The molecule has 0 radical (unpaired) electrons. The summed E-state index contributed by atoms with van der Waals surface area (Å²) >= 11 is 0. The maximum absolute atomic E-state index is 13.1. The first-order valence-electron chi connectivity index (χ1n) is 7.12. The van der Waals surface area contributed by atoms with Crippen molar-refractivity contribution in [1.29, 1.82) is 0 Å². The summed E-state index contributed by atoms with van der Waals surface area (Å²) in [6.45, 7) is 1.92. The van der Waals surface area contributed by atoms with Crippen molar-refractivity contribution in [3.63, 3.8) is 0 Å². The fourth-order valence-corrected chi connectivity index (χ4v) is 2.69. The summed E-state index contributed by atoms with van der Waals surface area (Å²) in [5.41, 5.74) is 0.743. The predicted octanol–water partition coefficient (Wildman–Crippen LogP) is 4.10. The Labute approximate surface area is 127 Å². The lowest BCUT2D eigenvalue weighted by molar-refractivity contribution is -0.138. The second-order valence-corrected chi connectivity index (χ2v) is 5.32. The van der Waals surface area contributed by atoms with Gasteiger partial charge in [0.25, 0.3) is 0 Å². The van der Waals surface area contributed by atoms with Crippen LogP contribution in [0.1, 0.15) is 16.7 Å². The van der Waals surface area contributed by atoms with Crippen LogP contribution in [-0.4, -0.2) is 18.1 Å². The van der Waals surface area contributed by atoms with Crippen LogP contribution in [0.15, 0.2) is 48.5 Å². The third kappa shape index (κ3) is 3.25. The molecule has 1 heterocycles. The van der Waals surface area contributed by atoms with Crippen LogP contribution in [0.5, 0.6) is 5.75 Å². The first-order chi connectivity index (χ1) is 10.5. The normalized spacial score (nSPS) is 15.8. The van der Waals surface area contributed by atoms with E-state index in [1.807, 2.05) is 29.2 Å². The Morgan fingerprint density at radius 2 is 1.73 bits per heavy atom. The van der Waals surface area contributed by atoms with E-state index >= 15 is 0 Å². The maximum atomic E-state index is 13.1. The average molecular weight is 307 g/mol. The summed E-state index contributed by atoms with van der Waals surface area (Å²) in [5.74, 6) is 0.814. The second kappa shape index (κ2) is 6.01. The summed E-state index contributed by atoms with van der Waals surface area (Å²) < 4.78 is 44.9. The van der Waals surface area contributed by atoms with Gasteiger partial charge in [0.1, 0.15) is 12.4 Å². The first-order valence-corrected chi connectivity index (χ1v) is 7.12. The molecule has 1 aliphatic rings. The lowest BCUT2D eigenvalue weighted by Gasteiger charge is -2.21. The van der Waals surface area contributed by atoms with Gasteiger partial charge in [-0.3, -0.25) is 4.90 Å². The molecule has 0 atom stereocenters. The van der Waals surface area contributed by atoms with Gasteiger partial charge in [-0.2, -0.15) is 13.2 Å². The minimum absolute atomic E-state index is 0.257. The SMILES string of the molecule is FC(F)(F)c1ccccc1CN1CCOc2ccccc2C1. The van der Waals surface area contributed by atoms with Crippen LogP contribution >= 0.6 is 0 Å². The molecule has 0 saturated carbocycles. The zero-order chi connectivity index (χ0) is 15.6. The van der Waals surface area contributed by atoms with Crippen molar-refractivity contribution in [2.45, 2.75) is 19.3 Å². The van der Waals surface area contributed by atoms with E-state index in [0.29, 0.717) is 25.3 Å². The van der Waals surface area contributed by atoms with Crippen molar-refractivity contribution < 1.29 is 17.9 Å². The molecule has 0 unspecified atom stereocenters. The number of ether oxygens (including phenoxy) is 1. The Balaban J connectivity index is 1.83. The van der Waals surface area contributed by atoms with Gasteiger partial charge in [0.2, 0.25) is 0 Å². The highest BCUT2D eigenvalue weighted by Crippen LogP contribution is 2.33. The molecule has 0 aromatic heterocycles. The maximum Gasteiger partial charge on any atom is 0.416 e. The van der Waals surface area contributed by atoms with E-state index in [9.17, 15) is 13.2 Å². The Morgan fingerprint density at radius 1 is 1.00 bits per heavy atom. The van der Waals surface area contributed by atoms with Crippen molar-refractivity contribution in [2.75, 3.05) is 13.2 Å². The standard InChI is InChI=1S/C17H16F3NO/c18-17(19,20)15-7-3-1-5-13(15)11-21-9-10-22-16-8-4-2-6-14(16)12-21/h1-8H,9-12H2. The van der Waals surface area contributed by atoms with Crippen LogP contribution in [0.2, 0.25) is 0 Å². The Bertz CT molecular complexity index is 654. The lowest BCUT2D eigenvalue weighted by atomic mass is 10.1. The topological polar surface area (TPSA) is 12.5 Å². The molecular weight excluding hydrogens is 291 g/mol. The van der Waals surface area contributed by atoms with Gasteiger partial charge in [-0.25, -0.2) is 0 Å². The number of hydrogen-bond donors (Lipinski definition) is 0. The Hall–Kier alpha value is -2.01. The van der Waals surface area contributed by atoms with Gasteiger partial charge in [-0.1, -0.05) is 36.4 Å². The van der Waals surface area contributed by atoms with E-state index in [4.69, 9.17) is 4.74 Å². The summed E-state index contributed by atoms with van der Waals surface area (Å²) in [5, 5.41) is 0. The van der Waals surface area contributed by atoms with Gasteiger partial charge in [0.05, 0.1) is 5.56 Å². The van der Waals surface area contributed by atoms with E-state index in [2.05, 4.69) is 0 Å². The van der Waals surface area contributed by atoms with Crippen molar-refractivity contribution in [2.24, 2.45) is 0 Å². The Morgan fingerprint density at radius 3 is 2.55 bits per heavy atom. The van der Waals surface area contributed by atoms with Crippen LogP contribution in [0.3, 0.4) is 0 Å². The number of para-hydroxylation sites is 1. The molecule has 0 fully saturated rings. The van der Waals surface area contributed by atoms with Gasteiger partial charge in [0, 0.05) is 25.2 Å². The van der Waals surface area contributed by atoms with Gasteiger partial charge in [-0.05, 0) is 17.7 Å². The molecule has 22 heavy (non-hydrogen) atoms. The quantitative estimate of drug-likeness (QED) is 0.828. The number of alkyl halides is 3. The van der Waals surface area contributed by atoms with Crippen LogP contribution in [0, 0.1) is 0 Å². The minimum Gasteiger partial charge on any atom is -0.492 e. The van der Waals surface area contributed by atoms with Crippen molar-refractivity contribution in [3.05, 3.63) is 65.2 Å². The number of halogens is 3. The highest BCUT2D eigenvalue weighted by molar-refractivity contribution is 5.34. The van der Waals surface area contributed by atoms with Crippen LogP contribution < -0.4 is 4.74 Å². The van der Waals surface area contributed by atoms with Crippen molar-refractivity contribution in [1.82, 2.24) is 4.90 Å². The van der Waals surface area contributed by atoms with E-state index in [0.717, 1.165) is 17.4 Å². The lowest BCUT2D eigenvalue weighted by Crippen LogP contribution is -2.26. The molecule has 0 spiro atoms. The molecular formula is C17H16F3NO. The largest absolute Gasteiger partial charge is 0.492 e. The van der Waals surface area contributed by atoms with Gasteiger partial charge < -0.3 is 4.74 Å². The van der Waals surface area contributed by atoms with E-state index < -0.39 is 11.7 Å². The molecule has 0 aliphatic carbocycles. The fraction of sp³-hybridized carbons (Fsp3) is 0.294. The molecule has 2 aromatic rings. The van der Waals surface area contributed by atoms with Gasteiger partial charge >= 0.3 is 6.18 Å². The number of fused-ring (bicyclic) bond motifs is 1.